The van der Waals surface area contributed by atoms with Gasteiger partial charge >= 0.3 is 11.9 Å². The molecule has 44 heavy (non-hydrogen) atoms. The monoisotopic (exact) mass is 616 g/mol. The van der Waals surface area contributed by atoms with Crippen LogP contribution < -0.4 is 0 Å². The molecule has 2 N–H and O–H groups in total. The van der Waals surface area contributed by atoms with E-state index in [1.54, 1.807) is 9.80 Å². The summed E-state index contributed by atoms with van der Waals surface area (Å²) >= 11 is 0. The van der Waals surface area contributed by atoms with Gasteiger partial charge in [0.2, 0.25) is 11.8 Å². The highest BCUT2D eigenvalue weighted by molar-refractivity contribution is 5.96. The maximum atomic E-state index is 13.8. The predicted octanol–water partition coefficient (Wildman–Crippen LogP) is 0.198. The van der Waals surface area contributed by atoms with Crippen LogP contribution in [-0.2, 0) is 24.0 Å². The first-order valence-corrected chi connectivity index (χ1v) is 16.4. The van der Waals surface area contributed by atoms with Crippen molar-refractivity contribution in [2.75, 3.05) is 78.5 Å². The van der Waals surface area contributed by atoms with E-state index < -0.39 is 34.1 Å². The highest BCUT2D eigenvalue weighted by Crippen LogP contribution is 2.44. The Kier molecular flexibility index (Phi) is 8.08. The van der Waals surface area contributed by atoms with Crippen molar-refractivity contribution in [3.63, 3.8) is 0 Å². The molecule has 6 heterocycles. The molecule has 6 aliphatic heterocycles. The maximum Gasteiger partial charge on any atom is 0.339 e. The van der Waals surface area contributed by atoms with Gasteiger partial charge < -0.3 is 20.0 Å². The Bertz CT molecular complexity index is 1110. The lowest BCUT2D eigenvalue weighted by Crippen LogP contribution is -2.71. The molecule has 6 fully saturated rings. The minimum atomic E-state index is -1.17. The zero-order valence-electron chi connectivity index (χ0n) is 26.3. The van der Waals surface area contributed by atoms with Crippen LogP contribution in [0, 0.1) is 10.8 Å². The highest BCUT2D eigenvalue weighted by Gasteiger charge is 2.59. The Balaban J connectivity index is 1.15. The first-order chi connectivity index (χ1) is 20.9. The van der Waals surface area contributed by atoms with Crippen LogP contribution in [0.1, 0.15) is 65.2 Å². The zero-order chi connectivity index (χ0) is 31.5. The fraction of sp³-hybridized carbons (Fsp3) is 0.839. The summed E-state index contributed by atoms with van der Waals surface area (Å²) in [7, 11) is 0. The van der Waals surface area contributed by atoms with Gasteiger partial charge in [-0.2, -0.15) is 0 Å². The average molecular weight is 617 g/mol. The number of nitrogens with zero attached hydrogens (tertiary/aromatic N) is 6. The lowest BCUT2D eigenvalue weighted by atomic mass is 9.64. The van der Waals surface area contributed by atoms with Gasteiger partial charge in [0.15, 0.2) is 17.1 Å². The summed E-state index contributed by atoms with van der Waals surface area (Å²) < 4.78 is 0. The molecule has 0 saturated carbocycles. The van der Waals surface area contributed by atoms with Crippen LogP contribution in [0.25, 0.3) is 0 Å². The van der Waals surface area contributed by atoms with Gasteiger partial charge in [0.1, 0.15) is 0 Å². The molecule has 6 rings (SSSR count). The van der Waals surface area contributed by atoms with Crippen molar-refractivity contribution in [3.05, 3.63) is 0 Å². The van der Waals surface area contributed by atoms with E-state index in [0.29, 0.717) is 65.0 Å². The van der Waals surface area contributed by atoms with Gasteiger partial charge in [-0.05, 0) is 65.2 Å². The lowest BCUT2D eigenvalue weighted by Gasteiger charge is -2.55. The van der Waals surface area contributed by atoms with Crippen molar-refractivity contribution in [2.45, 2.75) is 76.5 Å². The van der Waals surface area contributed by atoms with Crippen LogP contribution in [0.3, 0.4) is 0 Å². The summed E-state index contributed by atoms with van der Waals surface area (Å²) in [5, 5.41) is 20.7. The average Bonchev–Trinajstić information content (AvgIpc) is 3.77. The number of carbonyl (C=O) groups is 5. The van der Waals surface area contributed by atoms with Gasteiger partial charge in [0.05, 0.1) is 23.9 Å². The maximum absolute atomic E-state index is 13.8. The SMILES string of the molecule is CC12CN(C(=O)CN3CCC[C@]3(C(=O)O)N3CCCC3)CC(C)(CN(C(=O)CN3CCC[C@]3(C(=O)O)N3CCCC3)C1)C2=O. The quantitative estimate of drug-likeness (QED) is 0.386. The molecule has 0 unspecified atom stereocenters. The number of carboxylic acid groups (broad SMARTS) is 2. The van der Waals surface area contributed by atoms with Crippen molar-refractivity contribution < 1.29 is 34.2 Å². The molecule has 0 aliphatic carbocycles. The second-order valence-corrected chi connectivity index (χ2v) is 14.6. The third kappa shape index (κ3) is 4.85. The summed E-state index contributed by atoms with van der Waals surface area (Å²) in [5.41, 5.74) is -4.27. The van der Waals surface area contributed by atoms with Gasteiger partial charge in [0, 0.05) is 65.4 Å². The third-order valence-corrected chi connectivity index (χ3v) is 11.5. The topological polar surface area (TPSA) is 145 Å². The van der Waals surface area contributed by atoms with Gasteiger partial charge in [0.25, 0.3) is 0 Å². The molecule has 13 heteroatoms. The number of hydrogen-bond acceptors (Lipinski definition) is 9. The Hall–Kier alpha value is -2.61. The number of likely N-dealkylation sites (tertiary alicyclic amines) is 6. The van der Waals surface area contributed by atoms with Gasteiger partial charge in [-0.1, -0.05) is 0 Å². The number of aliphatic carboxylic acids is 2. The van der Waals surface area contributed by atoms with Crippen LogP contribution in [-0.4, -0.2) is 159 Å². The largest absolute Gasteiger partial charge is 0.479 e. The zero-order valence-corrected chi connectivity index (χ0v) is 26.3. The molecular weight excluding hydrogens is 568 g/mol. The molecule has 2 bridgehead atoms. The fourth-order valence-corrected chi connectivity index (χ4v) is 9.58. The van der Waals surface area contributed by atoms with Crippen molar-refractivity contribution in [1.29, 1.82) is 0 Å². The van der Waals surface area contributed by atoms with Crippen molar-refractivity contribution in [3.8, 4) is 0 Å². The Morgan fingerprint density at radius 3 is 1.25 bits per heavy atom. The summed E-state index contributed by atoms with van der Waals surface area (Å²) in [6.45, 7) is 8.14. The lowest BCUT2D eigenvalue weighted by molar-refractivity contribution is -0.171. The molecule has 2 amide bonds. The van der Waals surface area contributed by atoms with E-state index in [9.17, 15) is 34.2 Å². The van der Waals surface area contributed by atoms with Gasteiger partial charge in [-0.25, -0.2) is 9.59 Å². The molecule has 0 aromatic carbocycles. The normalized spacial score (nSPS) is 37.3. The van der Waals surface area contributed by atoms with E-state index in [1.165, 1.54) is 0 Å². The fourth-order valence-electron chi connectivity index (χ4n) is 9.58. The van der Waals surface area contributed by atoms with Crippen LogP contribution in [0.5, 0.6) is 0 Å². The standard InChI is InChI=1S/C31H48N6O7/c1-28-19-32(23(38)17-36-15-7-9-30(36,26(41)42)34-11-3-4-12-34)21-29(2,25(28)40)22-33(20-28)24(39)18-37-16-8-10-31(37,27(43)44)35-13-5-6-14-35/h3-22H2,1-2H3,(H,41,42)(H,43,44)/t28?,29?,30-,31-/m0/s1. The van der Waals surface area contributed by atoms with Crippen molar-refractivity contribution >= 4 is 29.5 Å². The van der Waals surface area contributed by atoms with Crippen LogP contribution in [0.2, 0.25) is 0 Å². The smallest absolute Gasteiger partial charge is 0.339 e. The number of rotatable bonds is 8. The number of carboxylic acids is 2. The van der Waals surface area contributed by atoms with E-state index in [1.807, 2.05) is 33.4 Å². The van der Waals surface area contributed by atoms with E-state index in [0.717, 1.165) is 25.7 Å². The Morgan fingerprint density at radius 1 is 0.591 bits per heavy atom. The van der Waals surface area contributed by atoms with E-state index in [4.69, 9.17) is 0 Å². The first-order valence-electron chi connectivity index (χ1n) is 16.4. The molecule has 2 atom stereocenters. The Labute approximate surface area is 259 Å². The molecule has 0 aromatic heterocycles. The van der Waals surface area contributed by atoms with Crippen LogP contribution in [0.4, 0.5) is 0 Å². The second kappa shape index (κ2) is 11.3. The molecule has 6 aliphatic rings. The molecule has 244 valence electrons. The van der Waals surface area contributed by atoms with Gasteiger partial charge in [-0.15, -0.1) is 0 Å². The summed E-state index contributed by atoms with van der Waals surface area (Å²) in [5.74, 6) is -2.14. The summed E-state index contributed by atoms with van der Waals surface area (Å²) in [6.07, 6.45) is 6.18. The molecule has 0 radical (unpaired) electrons. The molecule has 6 saturated heterocycles. The Morgan fingerprint density at radius 2 is 0.932 bits per heavy atom. The first kappa shape index (κ1) is 31.4. The predicted molar refractivity (Wildman–Crippen MR) is 158 cm³/mol. The van der Waals surface area contributed by atoms with E-state index >= 15 is 0 Å². The number of carbonyl (C=O) groups excluding carboxylic acids is 3. The van der Waals surface area contributed by atoms with E-state index in [2.05, 4.69) is 0 Å². The number of ketones is 1. The number of hydrogen-bond donors (Lipinski definition) is 2. The number of fused-ring (bicyclic) bond motifs is 2. The van der Waals surface area contributed by atoms with Gasteiger partial charge in [-0.3, -0.25) is 34.0 Å². The molecular formula is C31H48N6O7. The minimum absolute atomic E-state index is 0.0193. The van der Waals surface area contributed by atoms with Crippen LogP contribution in [0.15, 0.2) is 0 Å². The number of amides is 2. The second-order valence-electron chi connectivity index (χ2n) is 14.6. The van der Waals surface area contributed by atoms with Crippen molar-refractivity contribution in [2.24, 2.45) is 10.8 Å². The van der Waals surface area contributed by atoms with E-state index in [-0.39, 0.29) is 56.9 Å². The molecule has 13 nitrogen and oxygen atoms in total. The summed E-state index contributed by atoms with van der Waals surface area (Å²) in [4.78, 5) is 77.7. The minimum Gasteiger partial charge on any atom is -0.479 e. The van der Waals surface area contributed by atoms with Crippen LogP contribution >= 0.6 is 0 Å². The number of Topliss-reactive ketones (excluding diaryl/α,β-unsaturated/α-hetero) is 1. The molecule has 0 spiro atoms. The molecule has 0 aromatic rings. The highest BCUT2D eigenvalue weighted by atomic mass is 16.4. The summed E-state index contributed by atoms with van der Waals surface area (Å²) in [6, 6.07) is 0. The van der Waals surface area contributed by atoms with Crippen molar-refractivity contribution in [1.82, 2.24) is 29.4 Å². The number of piperidine rings is 2. The third-order valence-electron chi connectivity index (χ3n) is 11.5.